The first-order valence-electron chi connectivity index (χ1n) is 8.59. The van der Waals surface area contributed by atoms with Gasteiger partial charge in [-0.15, -0.1) is 0 Å². The molecule has 0 saturated carbocycles. The van der Waals surface area contributed by atoms with E-state index in [2.05, 4.69) is 20.0 Å². The number of nitrogens with two attached hydrogens (primary N) is 1. The van der Waals surface area contributed by atoms with E-state index in [1.807, 2.05) is 28.9 Å². The Balaban J connectivity index is 1.53. The number of piperidine rings is 1. The van der Waals surface area contributed by atoms with Crippen molar-refractivity contribution >= 4 is 28.6 Å². The molecule has 134 valence electrons. The Morgan fingerprint density at radius 2 is 1.96 bits per heavy atom. The molecule has 8 nitrogen and oxygen atoms in total. The van der Waals surface area contributed by atoms with Crippen molar-refractivity contribution in [2.24, 2.45) is 0 Å². The minimum atomic E-state index is -0.939. The zero-order valence-corrected chi connectivity index (χ0v) is 14.5. The average molecular weight is 352 g/mol. The number of carboxylic acids is 1. The number of hydrogen-bond donors (Lipinski definition) is 2. The number of nitrogen functional groups attached to an aromatic ring is 1. The van der Waals surface area contributed by atoms with E-state index in [4.69, 9.17) is 5.73 Å². The standard InChI is InChI=1S/C18H20N6O2/c1-11-14(17(25)26)10-20-24(11)12-6-8-23(9-7-12)18-21-15-5-3-2-4-13(15)16(19)22-18/h2-5,10,12H,6-9H2,1H3,(H,25,26)(H2,19,21,22). The highest BCUT2D eigenvalue weighted by molar-refractivity contribution is 5.89. The minimum Gasteiger partial charge on any atom is -0.478 e. The van der Waals surface area contributed by atoms with Crippen LogP contribution in [-0.2, 0) is 0 Å². The van der Waals surface area contributed by atoms with Crippen LogP contribution in [-0.4, -0.2) is 43.9 Å². The molecule has 0 radical (unpaired) electrons. The molecule has 3 aromatic rings. The summed E-state index contributed by atoms with van der Waals surface area (Å²) in [6.07, 6.45) is 3.12. The monoisotopic (exact) mass is 352 g/mol. The van der Waals surface area contributed by atoms with Crippen LogP contribution in [0.15, 0.2) is 30.5 Å². The first-order valence-corrected chi connectivity index (χ1v) is 8.59. The van der Waals surface area contributed by atoms with Crippen LogP contribution in [0.4, 0.5) is 11.8 Å². The van der Waals surface area contributed by atoms with Gasteiger partial charge in [-0.1, -0.05) is 12.1 Å². The lowest BCUT2D eigenvalue weighted by Gasteiger charge is -2.32. The summed E-state index contributed by atoms with van der Waals surface area (Å²) in [7, 11) is 0. The average Bonchev–Trinajstić information content (AvgIpc) is 3.03. The van der Waals surface area contributed by atoms with Gasteiger partial charge in [0.2, 0.25) is 5.95 Å². The van der Waals surface area contributed by atoms with Crippen LogP contribution in [0.3, 0.4) is 0 Å². The quantitative estimate of drug-likeness (QED) is 0.744. The van der Waals surface area contributed by atoms with Crippen LogP contribution in [0.1, 0.15) is 34.9 Å². The lowest BCUT2D eigenvalue weighted by molar-refractivity contribution is 0.0696. The van der Waals surface area contributed by atoms with E-state index in [0.29, 0.717) is 17.5 Å². The number of rotatable bonds is 3. The fourth-order valence-corrected chi connectivity index (χ4v) is 3.54. The highest BCUT2D eigenvalue weighted by Crippen LogP contribution is 2.28. The molecule has 0 unspecified atom stereocenters. The Labute approximate surface area is 150 Å². The SMILES string of the molecule is Cc1c(C(=O)O)cnn1C1CCN(c2nc(N)c3ccccc3n2)CC1. The van der Waals surface area contributed by atoms with E-state index in [0.717, 1.165) is 36.8 Å². The van der Waals surface area contributed by atoms with Crippen molar-refractivity contribution in [1.29, 1.82) is 0 Å². The molecular weight excluding hydrogens is 332 g/mol. The largest absolute Gasteiger partial charge is 0.478 e. The lowest BCUT2D eigenvalue weighted by Crippen LogP contribution is -2.36. The second-order valence-corrected chi connectivity index (χ2v) is 6.54. The highest BCUT2D eigenvalue weighted by atomic mass is 16.4. The van der Waals surface area contributed by atoms with Crippen molar-refractivity contribution in [3.63, 3.8) is 0 Å². The zero-order valence-electron chi connectivity index (χ0n) is 14.5. The molecule has 0 bridgehead atoms. The molecule has 0 spiro atoms. The van der Waals surface area contributed by atoms with E-state index in [1.54, 1.807) is 6.92 Å². The number of para-hydroxylation sites is 1. The second kappa shape index (κ2) is 6.29. The van der Waals surface area contributed by atoms with Gasteiger partial charge in [-0.3, -0.25) is 4.68 Å². The maximum absolute atomic E-state index is 11.2. The maximum Gasteiger partial charge on any atom is 0.339 e. The maximum atomic E-state index is 11.2. The van der Waals surface area contributed by atoms with Crippen LogP contribution in [0.5, 0.6) is 0 Å². The number of fused-ring (bicyclic) bond motifs is 1. The predicted molar refractivity (Wildman–Crippen MR) is 98.4 cm³/mol. The fourth-order valence-electron chi connectivity index (χ4n) is 3.54. The summed E-state index contributed by atoms with van der Waals surface area (Å²) in [5.41, 5.74) is 7.88. The van der Waals surface area contributed by atoms with Crippen molar-refractivity contribution < 1.29 is 9.90 Å². The third-order valence-corrected chi connectivity index (χ3v) is 4.99. The first kappa shape index (κ1) is 16.3. The number of carbonyl (C=O) groups is 1. The summed E-state index contributed by atoms with van der Waals surface area (Å²) in [4.78, 5) is 22.4. The van der Waals surface area contributed by atoms with Crippen LogP contribution in [0.2, 0.25) is 0 Å². The van der Waals surface area contributed by atoms with Crippen molar-refractivity contribution in [3.05, 3.63) is 41.7 Å². The number of nitrogens with zero attached hydrogens (tertiary/aromatic N) is 5. The Morgan fingerprint density at radius 1 is 1.23 bits per heavy atom. The molecule has 1 aromatic carbocycles. The van der Waals surface area contributed by atoms with Crippen molar-refractivity contribution in [2.75, 3.05) is 23.7 Å². The summed E-state index contributed by atoms with van der Waals surface area (Å²) in [6.45, 7) is 3.34. The molecule has 1 saturated heterocycles. The van der Waals surface area contributed by atoms with Gasteiger partial charge < -0.3 is 15.7 Å². The summed E-state index contributed by atoms with van der Waals surface area (Å²) >= 11 is 0. The molecule has 8 heteroatoms. The van der Waals surface area contributed by atoms with Gasteiger partial charge in [0, 0.05) is 18.5 Å². The molecule has 3 N–H and O–H groups in total. The molecule has 2 aromatic heterocycles. The van der Waals surface area contributed by atoms with Crippen molar-refractivity contribution in [3.8, 4) is 0 Å². The Hall–Kier alpha value is -3.16. The minimum absolute atomic E-state index is 0.178. The van der Waals surface area contributed by atoms with Gasteiger partial charge in [-0.25, -0.2) is 9.78 Å². The molecule has 0 atom stereocenters. The number of anilines is 2. The summed E-state index contributed by atoms with van der Waals surface area (Å²) < 4.78 is 1.83. The van der Waals surface area contributed by atoms with Gasteiger partial charge in [0.1, 0.15) is 11.4 Å². The second-order valence-electron chi connectivity index (χ2n) is 6.54. The predicted octanol–water partition coefficient (Wildman–Crippen LogP) is 2.26. The molecule has 0 aliphatic carbocycles. The smallest absolute Gasteiger partial charge is 0.339 e. The number of aromatic nitrogens is 4. The van der Waals surface area contributed by atoms with Gasteiger partial charge in [-0.05, 0) is 31.9 Å². The number of hydrogen-bond acceptors (Lipinski definition) is 6. The van der Waals surface area contributed by atoms with Crippen LogP contribution < -0.4 is 10.6 Å². The van der Waals surface area contributed by atoms with E-state index in [9.17, 15) is 9.90 Å². The third kappa shape index (κ3) is 2.73. The lowest BCUT2D eigenvalue weighted by atomic mass is 10.1. The summed E-state index contributed by atoms with van der Waals surface area (Å²) in [6, 6.07) is 7.89. The molecule has 4 rings (SSSR count). The Bertz CT molecular complexity index is 975. The molecular formula is C18H20N6O2. The van der Waals surface area contributed by atoms with Gasteiger partial charge in [0.15, 0.2) is 0 Å². The van der Waals surface area contributed by atoms with E-state index >= 15 is 0 Å². The number of benzene rings is 1. The molecule has 26 heavy (non-hydrogen) atoms. The fraction of sp³-hybridized carbons (Fsp3) is 0.333. The summed E-state index contributed by atoms with van der Waals surface area (Å²) in [5, 5.41) is 14.3. The van der Waals surface area contributed by atoms with Crippen molar-refractivity contribution in [1.82, 2.24) is 19.7 Å². The molecule has 1 aliphatic heterocycles. The Kier molecular flexibility index (Phi) is 3.95. The van der Waals surface area contributed by atoms with E-state index in [-0.39, 0.29) is 11.6 Å². The van der Waals surface area contributed by atoms with E-state index in [1.165, 1.54) is 6.20 Å². The highest BCUT2D eigenvalue weighted by Gasteiger charge is 2.25. The molecule has 1 aliphatic rings. The third-order valence-electron chi connectivity index (χ3n) is 4.99. The first-order chi connectivity index (χ1) is 12.5. The molecule has 0 amide bonds. The van der Waals surface area contributed by atoms with Crippen LogP contribution in [0, 0.1) is 6.92 Å². The Morgan fingerprint density at radius 3 is 2.65 bits per heavy atom. The number of aromatic carboxylic acids is 1. The van der Waals surface area contributed by atoms with Gasteiger partial charge in [0.25, 0.3) is 0 Å². The summed E-state index contributed by atoms with van der Waals surface area (Å²) in [5.74, 6) is 0.191. The zero-order chi connectivity index (χ0) is 18.3. The van der Waals surface area contributed by atoms with Gasteiger partial charge in [-0.2, -0.15) is 10.1 Å². The molecule has 1 fully saturated rings. The van der Waals surface area contributed by atoms with Gasteiger partial charge in [0.05, 0.1) is 23.4 Å². The van der Waals surface area contributed by atoms with Gasteiger partial charge >= 0.3 is 5.97 Å². The van der Waals surface area contributed by atoms with Crippen LogP contribution >= 0.6 is 0 Å². The normalized spacial score (nSPS) is 15.5. The molecule has 3 heterocycles. The van der Waals surface area contributed by atoms with E-state index < -0.39 is 5.97 Å². The van der Waals surface area contributed by atoms with Crippen molar-refractivity contribution in [2.45, 2.75) is 25.8 Å². The van der Waals surface area contributed by atoms with Crippen LogP contribution in [0.25, 0.3) is 10.9 Å². The number of carboxylic acid groups (broad SMARTS) is 1. The topological polar surface area (TPSA) is 110 Å².